The van der Waals surface area contributed by atoms with Crippen LogP contribution in [0, 0.1) is 0 Å². The van der Waals surface area contributed by atoms with Gasteiger partial charge in [0.05, 0.1) is 0 Å². The van der Waals surface area contributed by atoms with E-state index in [1.807, 2.05) is 6.92 Å². The number of nitrogens with zero attached hydrogens (tertiary/aromatic N) is 3. The first kappa shape index (κ1) is 11.7. The van der Waals surface area contributed by atoms with Crippen molar-refractivity contribution in [1.29, 1.82) is 0 Å². The van der Waals surface area contributed by atoms with Crippen molar-refractivity contribution in [2.24, 2.45) is 0 Å². The zero-order chi connectivity index (χ0) is 10.6. The van der Waals surface area contributed by atoms with E-state index >= 15 is 0 Å². The molecule has 1 unspecified atom stereocenters. The molecule has 1 aromatic heterocycles. The monoisotopic (exact) mass is 276 g/mol. The van der Waals surface area contributed by atoms with Gasteiger partial charge in [0.1, 0.15) is 0 Å². The van der Waals surface area contributed by atoms with Gasteiger partial charge in [-0.25, -0.2) is 0 Å². The van der Waals surface area contributed by atoms with Crippen molar-refractivity contribution in [3.05, 3.63) is 5.28 Å². The Balaban J connectivity index is 2.83. The third-order valence-electron chi connectivity index (χ3n) is 1.36. The Bertz CT molecular complexity index is 305. The Morgan fingerprint density at radius 2 is 2.07 bits per heavy atom. The van der Waals surface area contributed by atoms with Crippen LogP contribution in [-0.2, 0) is 0 Å². The van der Waals surface area contributed by atoms with Crippen molar-refractivity contribution in [3.63, 3.8) is 0 Å². The summed E-state index contributed by atoms with van der Waals surface area (Å²) < 4.78 is 1.51. The summed E-state index contributed by atoms with van der Waals surface area (Å²) in [5, 5.41) is 3.32. The van der Waals surface area contributed by atoms with Gasteiger partial charge in [-0.3, -0.25) is 0 Å². The third-order valence-corrected chi connectivity index (χ3v) is 3.75. The van der Waals surface area contributed by atoms with E-state index in [9.17, 15) is 0 Å². The Labute approximate surface area is 95.6 Å². The van der Waals surface area contributed by atoms with Gasteiger partial charge in [-0.2, -0.15) is 0 Å². The molecule has 0 saturated carbocycles. The van der Waals surface area contributed by atoms with Crippen molar-refractivity contribution in [1.82, 2.24) is 15.0 Å². The van der Waals surface area contributed by atoms with Crippen LogP contribution >= 0.6 is 11.6 Å². The SMILES string of the molecule is CCNc1nc(Cl)nc([AsH]C(C)C)n1. The van der Waals surface area contributed by atoms with E-state index < -0.39 is 0 Å². The molecule has 0 radical (unpaired) electrons. The third kappa shape index (κ3) is 3.80. The van der Waals surface area contributed by atoms with E-state index in [-0.39, 0.29) is 21.0 Å². The molecule has 1 heterocycles. The average Bonchev–Trinajstić information content (AvgIpc) is 2.01. The number of aromatic nitrogens is 3. The zero-order valence-corrected chi connectivity index (χ0v) is 11.4. The summed E-state index contributed by atoms with van der Waals surface area (Å²) in [6.07, 6.45) is 0. The number of hydrogen-bond donors (Lipinski definition) is 1. The number of hydrogen-bond acceptors (Lipinski definition) is 4. The fraction of sp³-hybridized carbons (Fsp3) is 0.625. The first-order chi connectivity index (χ1) is 6.61. The van der Waals surface area contributed by atoms with E-state index in [2.05, 4.69) is 34.1 Å². The maximum atomic E-state index is 5.79. The molecule has 0 aromatic carbocycles. The zero-order valence-electron chi connectivity index (χ0n) is 8.50. The van der Waals surface area contributed by atoms with Crippen LogP contribution in [0.25, 0.3) is 0 Å². The molecule has 1 rings (SSSR count). The molecule has 1 aromatic rings. The van der Waals surface area contributed by atoms with Gasteiger partial charge < -0.3 is 0 Å². The maximum absolute atomic E-state index is 5.79. The summed E-state index contributed by atoms with van der Waals surface area (Å²) in [7, 11) is 0. The molecule has 0 aliphatic rings. The molecule has 1 atom stereocenters. The summed E-state index contributed by atoms with van der Waals surface area (Å²) in [5.41, 5.74) is 0. The van der Waals surface area contributed by atoms with Crippen molar-refractivity contribution >= 4 is 37.9 Å². The molecule has 0 aliphatic heterocycles. The normalized spacial score (nSPS) is 11.5. The van der Waals surface area contributed by atoms with E-state index in [0.717, 1.165) is 11.2 Å². The Morgan fingerprint density at radius 1 is 1.36 bits per heavy atom. The molecule has 1 N–H and O–H groups in total. The second-order valence-corrected chi connectivity index (χ2v) is 7.39. The van der Waals surface area contributed by atoms with Crippen LogP contribution in [0.3, 0.4) is 0 Å². The molecule has 4 nitrogen and oxygen atoms in total. The molecular formula is C8H14AsClN4. The van der Waals surface area contributed by atoms with Crippen molar-refractivity contribution in [2.75, 3.05) is 11.9 Å². The van der Waals surface area contributed by atoms with Crippen molar-refractivity contribution in [2.45, 2.75) is 25.5 Å². The second kappa shape index (κ2) is 5.52. The number of halogens is 1. The molecule has 78 valence electrons. The summed E-state index contributed by atoms with van der Waals surface area (Å²) in [6, 6.07) is 0. The minimum atomic E-state index is -0.299. The van der Waals surface area contributed by atoms with Gasteiger partial charge in [-0.1, -0.05) is 0 Å². The quantitative estimate of drug-likeness (QED) is 0.828. The van der Waals surface area contributed by atoms with E-state index in [0.29, 0.717) is 10.7 Å². The molecule has 0 fully saturated rings. The van der Waals surface area contributed by atoms with Gasteiger partial charge in [0.2, 0.25) is 0 Å². The molecule has 0 amide bonds. The molecule has 0 aliphatic carbocycles. The van der Waals surface area contributed by atoms with E-state index in [4.69, 9.17) is 11.6 Å². The molecule has 6 heteroatoms. The van der Waals surface area contributed by atoms with Gasteiger partial charge in [-0.05, 0) is 0 Å². The summed E-state index contributed by atoms with van der Waals surface area (Å²) >= 11 is 5.49. The molecule has 0 saturated heterocycles. The predicted molar refractivity (Wildman–Crippen MR) is 60.9 cm³/mol. The first-order valence-corrected chi connectivity index (χ1v) is 7.17. The van der Waals surface area contributed by atoms with Crippen molar-refractivity contribution in [3.8, 4) is 0 Å². The van der Waals surface area contributed by atoms with Crippen LogP contribution in [0.15, 0.2) is 0 Å². The molecule has 0 spiro atoms. The van der Waals surface area contributed by atoms with Gasteiger partial charge in [0, 0.05) is 0 Å². The van der Waals surface area contributed by atoms with Crippen molar-refractivity contribution < 1.29 is 0 Å². The van der Waals surface area contributed by atoms with Crippen LogP contribution < -0.4 is 9.93 Å². The van der Waals surface area contributed by atoms with Crippen LogP contribution in [0.4, 0.5) is 5.95 Å². The number of rotatable bonds is 4. The predicted octanol–water partition coefficient (Wildman–Crippen LogP) is 0.847. The standard InChI is InChI=1S/C8H14AsClN4/c1-4-11-8-13-6(9-5(2)3)12-7(10)14-8/h5,9H,4H2,1-3H3,(H,11,12,13,14). The number of anilines is 1. The molecule has 0 bridgehead atoms. The van der Waals surface area contributed by atoms with E-state index in [1.165, 1.54) is 0 Å². The van der Waals surface area contributed by atoms with Crippen LogP contribution in [-0.4, -0.2) is 37.2 Å². The van der Waals surface area contributed by atoms with E-state index in [1.54, 1.807) is 0 Å². The molecule has 14 heavy (non-hydrogen) atoms. The van der Waals surface area contributed by atoms with Crippen LogP contribution in [0.1, 0.15) is 20.8 Å². The second-order valence-electron chi connectivity index (χ2n) is 3.08. The van der Waals surface area contributed by atoms with Gasteiger partial charge >= 0.3 is 95.5 Å². The first-order valence-electron chi connectivity index (χ1n) is 4.53. The Hall–Kier alpha value is -0.342. The van der Waals surface area contributed by atoms with Crippen LogP contribution in [0.2, 0.25) is 9.99 Å². The van der Waals surface area contributed by atoms with Crippen LogP contribution in [0.5, 0.6) is 0 Å². The Morgan fingerprint density at radius 3 is 2.64 bits per heavy atom. The minimum absolute atomic E-state index is 0.287. The summed E-state index contributed by atoms with van der Waals surface area (Å²) in [5.74, 6) is 0.590. The Kier molecular flexibility index (Phi) is 4.62. The van der Waals surface area contributed by atoms with Gasteiger partial charge in [-0.15, -0.1) is 0 Å². The van der Waals surface area contributed by atoms with Gasteiger partial charge in [0.15, 0.2) is 0 Å². The summed E-state index contributed by atoms with van der Waals surface area (Å²) in [4.78, 5) is 12.4. The average molecular weight is 277 g/mol. The fourth-order valence-electron chi connectivity index (χ4n) is 0.910. The molecular weight excluding hydrogens is 262 g/mol. The fourth-order valence-corrected chi connectivity index (χ4v) is 3.02. The topological polar surface area (TPSA) is 50.7 Å². The number of nitrogens with one attached hydrogen (secondary N) is 1. The van der Waals surface area contributed by atoms with Gasteiger partial charge in [0.25, 0.3) is 0 Å². The summed E-state index contributed by atoms with van der Waals surface area (Å²) in [6.45, 7) is 7.13.